The number of aliphatic hydroxyl groups is 1. The van der Waals surface area contributed by atoms with Crippen LogP contribution in [-0.2, 0) is 10.0 Å². The molecule has 2 rings (SSSR count). The third-order valence-electron chi connectivity index (χ3n) is 3.81. The molecule has 6 heteroatoms. The van der Waals surface area contributed by atoms with Gasteiger partial charge in [-0.1, -0.05) is 6.08 Å². The van der Waals surface area contributed by atoms with E-state index in [9.17, 15) is 13.5 Å². The Labute approximate surface area is 120 Å². The first kappa shape index (κ1) is 15.2. The van der Waals surface area contributed by atoms with E-state index in [1.165, 1.54) is 10.5 Å². The van der Waals surface area contributed by atoms with Crippen molar-refractivity contribution < 1.29 is 13.5 Å². The quantitative estimate of drug-likeness (QED) is 0.834. The lowest BCUT2D eigenvalue weighted by molar-refractivity contribution is 0.0669. The molecule has 0 aromatic carbocycles. The van der Waals surface area contributed by atoms with Crippen LogP contribution >= 0.6 is 0 Å². The molecule has 1 N–H and O–H groups in total. The van der Waals surface area contributed by atoms with Gasteiger partial charge < -0.3 is 5.11 Å². The van der Waals surface area contributed by atoms with Gasteiger partial charge in [0.2, 0.25) is 10.0 Å². The van der Waals surface area contributed by atoms with Crippen molar-refractivity contribution in [2.24, 2.45) is 5.41 Å². The van der Waals surface area contributed by atoms with Gasteiger partial charge in [0, 0.05) is 30.9 Å². The zero-order valence-electron chi connectivity index (χ0n) is 11.4. The molecule has 1 aromatic rings. The fraction of sp³-hybridized carbons (Fsp3) is 0.500. The number of hydrogen-bond donors (Lipinski definition) is 1. The van der Waals surface area contributed by atoms with E-state index in [1.54, 1.807) is 24.4 Å². The molecule has 0 unspecified atom stereocenters. The van der Waals surface area contributed by atoms with Crippen molar-refractivity contribution in [2.45, 2.75) is 24.2 Å². The number of pyridine rings is 1. The largest absolute Gasteiger partial charge is 0.396 e. The van der Waals surface area contributed by atoms with Gasteiger partial charge in [-0.15, -0.1) is 6.58 Å². The van der Waals surface area contributed by atoms with Crippen LogP contribution in [0.3, 0.4) is 0 Å². The number of sulfonamides is 1. The Balaban J connectivity index is 2.27. The van der Waals surface area contributed by atoms with E-state index in [4.69, 9.17) is 0 Å². The normalized spacial score (nSPS) is 24.4. The van der Waals surface area contributed by atoms with E-state index in [1.807, 2.05) is 0 Å². The van der Waals surface area contributed by atoms with Crippen LogP contribution in [0, 0.1) is 5.41 Å². The molecule has 0 bridgehead atoms. The van der Waals surface area contributed by atoms with Crippen molar-refractivity contribution in [3.8, 4) is 0 Å². The third kappa shape index (κ3) is 2.92. The van der Waals surface area contributed by atoms with E-state index < -0.39 is 15.4 Å². The summed E-state index contributed by atoms with van der Waals surface area (Å²) in [6.07, 6.45) is 6.82. The van der Waals surface area contributed by atoms with Crippen LogP contribution in [0.1, 0.15) is 19.3 Å². The average Bonchev–Trinajstić information content (AvgIpc) is 2.49. The molecule has 0 saturated carbocycles. The Bertz CT molecular complexity index is 559. The fourth-order valence-corrected chi connectivity index (χ4v) is 4.24. The number of nitrogens with zero attached hydrogens (tertiary/aromatic N) is 2. The maximum atomic E-state index is 12.6. The second-order valence-corrected chi connectivity index (χ2v) is 7.22. The van der Waals surface area contributed by atoms with Crippen molar-refractivity contribution in [1.29, 1.82) is 0 Å². The van der Waals surface area contributed by atoms with E-state index in [2.05, 4.69) is 11.6 Å². The zero-order chi connectivity index (χ0) is 14.6. The van der Waals surface area contributed by atoms with Crippen LogP contribution in [0.5, 0.6) is 0 Å². The highest BCUT2D eigenvalue weighted by Gasteiger charge is 2.39. The molecular formula is C14H20N2O3S. The maximum absolute atomic E-state index is 12.6. The van der Waals surface area contributed by atoms with E-state index in [0.29, 0.717) is 19.5 Å². The number of rotatable bonds is 5. The summed E-state index contributed by atoms with van der Waals surface area (Å²) in [5.74, 6) is 0. The number of aliphatic hydroxyl groups excluding tert-OH is 1. The summed E-state index contributed by atoms with van der Waals surface area (Å²) in [6.45, 7) is 4.48. The van der Waals surface area contributed by atoms with Crippen LogP contribution in [-0.4, -0.2) is 42.5 Å². The van der Waals surface area contributed by atoms with Gasteiger partial charge in [0.15, 0.2) is 0 Å². The van der Waals surface area contributed by atoms with Crippen molar-refractivity contribution in [1.82, 2.24) is 9.29 Å². The van der Waals surface area contributed by atoms with E-state index in [0.717, 1.165) is 12.8 Å². The fourth-order valence-electron chi connectivity index (χ4n) is 2.68. The smallest absolute Gasteiger partial charge is 0.244 e. The van der Waals surface area contributed by atoms with Gasteiger partial charge in [-0.2, -0.15) is 4.31 Å². The second kappa shape index (κ2) is 6.03. The molecule has 0 aliphatic carbocycles. The summed E-state index contributed by atoms with van der Waals surface area (Å²) in [5, 5.41) is 9.65. The first-order chi connectivity index (χ1) is 9.54. The van der Waals surface area contributed by atoms with Crippen LogP contribution in [0.15, 0.2) is 42.1 Å². The molecule has 20 heavy (non-hydrogen) atoms. The number of allylic oxidation sites excluding steroid dienone is 1. The van der Waals surface area contributed by atoms with Crippen molar-refractivity contribution >= 4 is 10.0 Å². The highest BCUT2D eigenvalue weighted by atomic mass is 32.2. The SMILES string of the molecule is C=CC[C@]1(CO)CCCN(S(=O)(=O)c2cccnc2)C1. The molecule has 0 amide bonds. The van der Waals surface area contributed by atoms with E-state index >= 15 is 0 Å². The minimum absolute atomic E-state index is 0.0297. The van der Waals surface area contributed by atoms with Crippen LogP contribution in [0.25, 0.3) is 0 Å². The Kier molecular flexibility index (Phi) is 4.57. The summed E-state index contributed by atoms with van der Waals surface area (Å²) in [4.78, 5) is 4.07. The molecular weight excluding hydrogens is 276 g/mol. The minimum Gasteiger partial charge on any atom is -0.396 e. The molecule has 1 atom stereocenters. The third-order valence-corrected chi connectivity index (χ3v) is 5.64. The number of aromatic nitrogens is 1. The molecule has 110 valence electrons. The van der Waals surface area contributed by atoms with Gasteiger partial charge in [0.25, 0.3) is 0 Å². The number of hydrogen-bond acceptors (Lipinski definition) is 4. The van der Waals surface area contributed by atoms with Crippen LogP contribution < -0.4 is 0 Å². The molecule has 1 aromatic heterocycles. The average molecular weight is 296 g/mol. The topological polar surface area (TPSA) is 70.5 Å². The van der Waals surface area contributed by atoms with Gasteiger partial charge in [-0.05, 0) is 31.4 Å². The maximum Gasteiger partial charge on any atom is 0.244 e. The molecule has 0 radical (unpaired) electrons. The predicted molar refractivity (Wildman–Crippen MR) is 76.6 cm³/mol. The standard InChI is InChI=1S/C14H20N2O3S/c1-2-6-14(12-17)7-4-9-16(11-14)20(18,19)13-5-3-8-15-10-13/h2-3,5,8,10,17H,1,4,6-7,9,11-12H2/t14-/m0/s1. The van der Waals surface area contributed by atoms with Gasteiger partial charge >= 0.3 is 0 Å². The summed E-state index contributed by atoms with van der Waals surface area (Å²) >= 11 is 0. The van der Waals surface area contributed by atoms with Gasteiger partial charge in [-0.25, -0.2) is 8.42 Å². The Morgan fingerprint density at radius 3 is 2.95 bits per heavy atom. The van der Waals surface area contributed by atoms with Gasteiger partial charge in [0.05, 0.1) is 6.61 Å². The lowest BCUT2D eigenvalue weighted by Crippen LogP contribution is -2.47. The predicted octanol–water partition coefficient (Wildman–Crippen LogP) is 1.42. The lowest BCUT2D eigenvalue weighted by Gasteiger charge is -2.40. The highest BCUT2D eigenvalue weighted by Crippen LogP contribution is 2.35. The molecule has 2 heterocycles. The molecule has 1 fully saturated rings. The van der Waals surface area contributed by atoms with Gasteiger partial charge in [0.1, 0.15) is 4.90 Å². The molecule has 1 aliphatic rings. The first-order valence-electron chi connectivity index (χ1n) is 6.66. The van der Waals surface area contributed by atoms with E-state index in [-0.39, 0.29) is 11.5 Å². The zero-order valence-corrected chi connectivity index (χ0v) is 12.2. The summed E-state index contributed by atoms with van der Waals surface area (Å²) in [6, 6.07) is 3.16. The summed E-state index contributed by atoms with van der Waals surface area (Å²) in [5.41, 5.74) is -0.407. The van der Waals surface area contributed by atoms with Crippen molar-refractivity contribution in [3.63, 3.8) is 0 Å². The molecule has 1 aliphatic heterocycles. The molecule has 1 saturated heterocycles. The monoisotopic (exact) mass is 296 g/mol. The van der Waals surface area contributed by atoms with Crippen molar-refractivity contribution in [3.05, 3.63) is 37.2 Å². The van der Waals surface area contributed by atoms with Crippen LogP contribution in [0.2, 0.25) is 0 Å². The molecule has 0 spiro atoms. The minimum atomic E-state index is -3.54. The molecule has 5 nitrogen and oxygen atoms in total. The first-order valence-corrected chi connectivity index (χ1v) is 8.10. The number of piperidine rings is 1. The van der Waals surface area contributed by atoms with Gasteiger partial charge in [-0.3, -0.25) is 4.98 Å². The summed E-state index contributed by atoms with van der Waals surface area (Å²) < 4.78 is 26.6. The summed E-state index contributed by atoms with van der Waals surface area (Å²) in [7, 11) is -3.54. The highest BCUT2D eigenvalue weighted by molar-refractivity contribution is 7.89. The Hall–Kier alpha value is -1.24. The Morgan fingerprint density at radius 1 is 1.55 bits per heavy atom. The Morgan fingerprint density at radius 2 is 2.35 bits per heavy atom. The van der Waals surface area contributed by atoms with Crippen LogP contribution in [0.4, 0.5) is 0 Å². The lowest BCUT2D eigenvalue weighted by atomic mass is 9.79. The van der Waals surface area contributed by atoms with Crippen molar-refractivity contribution in [2.75, 3.05) is 19.7 Å². The second-order valence-electron chi connectivity index (χ2n) is 5.28.